The summed E-state index contributed by atoms with van der Waals surface area (Å²) < 4.78 is 0. The summed E-state index contributed by atoms with van der Waals surface area (Å²) >= 11 is 0. The van der Waals surface area contributed by atoms with Crippen LogP contribution in [0.15, 0.2) is 127 Å². The molecule has 33 heavy (non-hydrogen) atoms. The van der Waals surface area contributed by atoms with E-state index >= 15 is 0 Å². The largest absolute Gasteiger partial charge is 0.310 e. The molecule has 0 N–H and O–H groups in total. The molecule has 0 unspecified atom stereocenters. The second-order valence-corrected chi connectivity index (χ2v) is 8.59. The maximum Gasteiger partial charge on any atom is 0.0540 e. The molecule has 0 spiro atoms. The molecule has 1 heteroatoms. The predicted octanol–water partition coefficient (Wildman–Crippen LogP) is 8.59. The van der Waals surface area contributed by atoms with Gasteiger partial charge in [-0.3, -0.25) is 0 Å². The van der Waals surface area contributed by atoms with E-state index in [0.29, 0.717) is 0 Å². The predicted molar refractivity (Wildman–Crippen MR) is 139 cm³/mol. The second-order valence-electron chi connectivity index (χ2n) is 8.59. The lowest BCUT2D eigenvalue weighted by Gasteiger charge is -2.28. The van der Waals surface area contributed by atoms with Crippen LogP contribution in [0, 0.1) is 0 Å². The molecule has 5 aromatic rings. The van der Waals surface area contributed by atoms with Crippen molar-refractivity contribution in [1.82, 2.24) is 0 Å². The van der Waals surface area contributed by atoms with Crippen LogP contribution in [0.5, 0.6) is 0 Å². The van der Waals surface area contributed by atoms with Crippen molar-refractivity contribution >= 4 is 17.1 Å². The summed E-state index contributed by atoms with van der Waals surface area (Å²) in [4.78, 5) is 2.35. The zero-order chi connectivity index (χ0) is 22.0. The molecule has 1 aliphatic rings. The average molecular weight is 424 g/mol. The molecule has 158 valence electrons. The molecule has 0 heterocycles. The molecule has 0 saturated heterocycles. The van der Waals surface area contributed by atoms with Gasteiger partial charge in [0, 0.05) is 16.9 Å². The standard InChI is InChI=1S/C32H25N/c1-4-10-25(11-5-1)31-23-28(27-19-17-24-16-18-26(24)22-27)20-21-32(31)33(29-12-6-2-7-13-29)30-14-8-3-9-15-30/h1-15,17,19-23H,16,18H2. The van der Waals surface area contributed by atoms with Gasteiger partial charge in [0.15, 0.2) is 0 Å². The van der Waals surface area contributed by atoms with Crippen molar-refractivity contribution in [3.8, 4) is 22.3 Å². The fourth-order valence-corrected chi connectivity index (χ4v) is 4.72. The van der Waals surface area contributed by atoms with Crippen LogP contribution in [0.2, 0.25) is 0 Å². The van der Waals surface area contributed by atoms with Crippen LogP contribution in [0.3, 0.4) is 0 Å². The van der Waals surface area contributed by atoms with Gasteiger partial charge >= 0.3 is 0 Å². The molecule has 0 radical (unpaired) electrons. The fourth-order valence-electron chi connectivity index (χ4n) is 4.72. The van der Waals surface area contributed by atoms with Crippen molar-refractivity contribution in [2.75, 3.05) is 4.90 Å². The Morgan fingerprint density at radius 3 is 1.55 bits per heavy atom. The van der Waals surface area contributed by atoms with Crippen molar-refractivity contribution < 1.29 is 0 Å². The van der Waals surface area contributed by atoms with E-state index in [0.717, 1.165) is 11.4 Å². The Labute approximate surface area is 195 Å². The van der Waals surface area contributed by atoms with E-state index in [1.165, 1.54) is 51.9 Å². The molecular formula is C32H25N. The number of aryl methyl sites for hydroxylation is 2. The van der Waals surface area contributed by atoms with E-state index < -0.39 is 0 Å². The zero-order valence-corrected chi connectivity index (χ0v) is 18.5. The Bertz CT molecular complexity index is 1350. The van der Waals surface area contributed by atoms with Crippen molar-refractivity contribution in [2.45, 2.75) is 12.8 Å². The molecular weight excluding hydrogens is 398 g/mol. The average Bonchev–Trinajstić information content (AvgIpc) is 2.87. The van der Waals surface area contributed by atoms with Gasteiger partial charge in [0.25, 0.3) is 0 Å². The summed E-state index contributed by atoms with van der Waals surface area (Å²) in [6.07, 6.45) is 2.41. The highest BCUT2D eigenvalue weighted by Crippen LogP contribution is 2.42. The minimum atomic E-state index is 1.15. The van der Waals surface area contributed by atoms with Crippen LogP contribution >= 0.6 is 0 Å². The number of anilines is 3. The van der Waals surface area contributed by atoms with Gasteiger partial charge in [0.1, 0.15) is 0 Å². The van der Waals surface area contributed by atoms with Crippen LogP contribution < -0.4 is 4.90 Å². The van der Waals surface area contributed by atoms with Crippen LogP contribution in [-0.4, -0.2) is 0 Å². The molecule has 0 amide bonds. The molecule has 5 aromatic carbocycles. The van der Waals surface area contributed by atoms with Crippen molar-refractivity contribution in [3.63, 3.8) is 0 Å². The third-order valence-corrected chi connectivity index (χ3v) is 6.55. The van der Waals surface area contributed by atoms with E-state index in [1.807, 2.05) is 0 Å². The van der Waals surface area contributed by atoms with E-state index in [4.69, 9.17) is 0 Å². The van der Waals surface area contributed by atoms with Crippen molar-refractivity contribution in [2.24, 2.45) is 0 Å². The topological polar surface area (TPSA) is 3.24 Å². The van der Waals surface area contributed by atoms with Gasteiger partial charge in [-0.25, -0.2) is 0 Å². The smallest absolute Gasteiger partial charge is 0.0540 e. The first-order valence-electron chi connectivity index (χ1n) is 11.6. The van der Waals surface area contributed by atoms with Gasteiger partial charge < -0.3 is 4.90 Å². The molecule has 0 bridgehead atoms. The lowest BCUT2D eigenvalue weighted by atomic mass is 9.85. The van der Waals surface area contributed by atoms with Crippen LogP contribution in [0.25, 0.3) is 22.3 Å². The summed E-state index contributed by atoms with van der Waals surface area (Å²) in [5, 5.41) is 0. The third-order valence-electron chi connectivity index (χ3n) is 6.55. The fraction of sp³-hybridized carbons (Fsp3) is 0.0625. The molecule has 0 fully saturated rings. The van der Waals surface area contributed by atoms with Crippen molar-refractivity contribution in [3.05, 3.63) is 139 Å². The summed E-state index contributed by atoms with van der Waals surface area (Å²) in [5.74, 6) is 0. The van der Waals surface area contributed by atoms with Gasteiger partial charge in [0.05, 0.1) is 5.69 Å². The Morgan fingerprint density at radius 1 is 0.424 bits per heavy atom. The third kappa shape index (κ3) is 3.72. The number of fused-ring (bicyclic) bond motifs is 1. The van der Waals surface area contributed by atoms with E-state index in [1.54, 1.807) is 0 Å². The number of benzene rings is 5. The SMILES string of the molecule is c1ccc(-c2cc(-c3ccc4c(c3)CC4)ccc2N(c2ccccc2)c2ccccc2)cc1. The molecule has 0 aromatic heterocycles. The lowest BCUT2D eigenvalue weighted by Crippen LogP contribution is -2.11. The number of hydrogen-bond donors (Lipinski definition) is 0. The maximum atomic E-state index is 2.37. The number of rotatable bonds is 5. The first-order chi connectivity index (χ1) is 16.4. The van der Waals surface area contributed by atoms with Gasteiger partial charge in [0.2, 0.25) is 0 Å². The molecule has 1 aliphatic carbocycles. The Balaban J connectivity index is 1.56. The second kappa shape index (κ2) is 8.44. The molecule has 6 rings (SSSR count). The van der Waals surface area contributed by atoms with Crippen LogP contribution in [0.1, 0.15) is 11.1 Å². The number of para-hydroxylation sites is 2. The lowest BCUT2D eigenvalue weighted by molar-refractivity contribution is 0.840. The number of nitrogens with zero attached hydrogens (tertiary/aromatic N) is 1. The summed E-state index contributed by atoms with van der Waals surface area (Å²) in [6.45, 7) is 0. The van der Waals surface area contributed by atoms with Gasteiger partial charge in [-0.15, -0.1) is 0 Å². The Morgan fingerprint density at radius 2 is 0.970 bits per heavy atom. The van der Waals surface area contributed by atoms with Crippen molar-refractivity contribution in [1.29, 1.82) is 0 Å². The molecule has 0 aliphatic heterocycles. The summed E-state index contributed by atoms with van der Waals surface area (Å²) in [6, 6.07) is 45.8. The van der Waals surface area contributed by atoms with E-state index in [-0.39, 0.29) is 0 Å². The van der Waals surface area contributed by atoms with E-state index in [2.05, 4.69) is 132 Å². The molecule has 0 atom stereocenters. The van der Waals surface area contributed by atoms with Gasteiger partial charge in [-0.1, -0.05) is 91.0 Å². The maximum absolute atomic E-state index is 2.37. The Kier molecular flexibility index (Phi) is 5.01. The Hall–Kier alpha value is -4.10. The first kappa shape index (κ1) is 19.6. The van der Waals surface area contributed by atoms with Crippen LogP contribution in [0.4, 0.5) is 17.1 Å². The quantitative estimate of drug-likeness (QED) is 0.273. The highest BCUT2D eigenvalue weighted by Gasteiger charge is 2.19. The highest BCUT2D eigenvalue weighted by molar-refractivity contribution is 5.90. The molecule has 0 saturated carbocycles. The van der Waals surface area contributed by atoms with Crippen LogP contribution in [-0.2, 0) is 12.8 Å². The zero-order valence-electron chi connectivity index (χ0n) is 18.5. The minimum absolute atomic E-state index is 1.15. The first-order valence-corrected chi connectivity index (χ1v) is 11.6. The van der Waals surface area contributed by atoms with Gasteiger partial charge in [-0.05, 0) is 77.1 Å². The highest BCUT2D eigenvalue weighted by atomic mass is 15.1. The molecule has 1 nitrogen and oxygen atoms in total. The van der Waals surface area contributed by atoms with E-state index in [9.17, 15) is 0 Å². The normalized spacial score (nSPS) is 12.0. The minimum Gasteiger partial charge on any atom is -0.310 e. The summed E-state index contributed by atoms with van der Waals surface area (Å²) in [7, 11) is 0. The van der Waals surface area contributed by atoms with Gasteiger partial charge in [-0.2, -0.15) is 0 Å². The number of hydrogen-bond acceptors (Lipinski definition) is 1. The monoisotopic (exact) mass is 423 g/mol. The summed E-state index contributed by atoms with van der Waals surface area (Å²) in [5.41, 5.74) is 11.5.